The molecule has 1 aliphatic rings. The molecule has 0 spiro atoms. The van der Waals surface area contributed by atoms with E-state index >= 15 is 0 Å². The number of carbonyl (C=O) groups excluding carboxylic acids is 1. The van der Waals surface area contributed by atoms with Crippen LogP contribution in [0.5, 0.6) is 5.75 Å². The molecule has 0 aliphatic carbocycles. The lowest BCUT2D eigenvalue weighted by atomic mass is 10.1. The molecule has 0 radical (unpaired) electrons. The maximum atomic E-state index is 13.0. The van der Waals surface area contributed by atoms with Gasteiger partial charge in [0.15, 0.2) is 0 Å². The Morgan fingerprint density at radius 2 is 1.79 bits per heavy atom. The van der Waals surface area contributed by atoms with E-state index in [9.17, 15) is 13.2 Å². The van der Waals surface area contributed by atoms with Crippen molar-refractivity contribution in [1.29, 1.82) is 0 Å². The molecule has 7 nitrogen and oxygen atoms in total. The minimum Gasteiger partial charge on any atom is -0.497 e. The molecule has 176 valence electrons. The van der Waals surface area contributed by atoms with Crippen LogP contribution in [-0.2, 0) is 21.4 Å². The number of nitrogens with zero attached hydrogens (tertiary/aromatic N) is 2. The van der Waals surface area contributed by atoms with Crippen LogP contribution in [0.3, 0.4) is 0 Å². The van der Waals surface area contributed by atoms with Crippen LogP contribution in [0.4, 0.5) is 0 Å². The summed E-state index contributed by atoms with van der Waals surface area (Å²) in [6, 6.07) is 14.3. The molecule has 1 N–H and O–H groups in total. The number of hydrogen-bond acceptors (Lipinski definition) is 4. The molecule has 1 atom stereocenters. The molecule has 4 rings (SSSR count). The minimum atomic E-state index is -3.49. The molecule has 0 saturated carbocycles. The number of piperidine rings is 1. The quantitative estimate of drug-likeness (QED) is 0.539. The molecular weight excluding hydrogens is 438 g/mol. The van der Waals surface area contributed by atoms with E-state index < -0.39 is 10.0 Å². The van der Waals surface area contributed by atoms with Gasteiger partial charge < -0.3 is 14.6 Å². The number of sulfonamides is 1. The van der Waals surface area contributed by atoms with Gasteiger partial charge in [-0.05, 0) is 61.2 Å². The third kappa shape index (κ3) is 4.91. The van der Waals surface area contributed by atoms with E-state index in [-0.39, 0.29) is 11.9 Å². The Bertz CT molecular complexity index is 1210. The molecule has 33 heavy (non-hydrogen) atoms. The third-order valence-corrected chi connectivity index (χ3v) is 8.19. The van der Waals surface area contributed by atoms with Gasteiger partial charge in [0.1, 0.15) is 11.8 Å². The lowest BCUT2D eigenvalue weighted by molar-refractivity contribution is -0.124. The van der Waals surface area contributed by atoms with E-state index in [0.717, 1.165) is 41.5 Å². The Kier molecular flexibility index (Phi) is 7.05. The highest BCUT2D eigenvalue weighted by atomic mass is 32.2. The Balaban J connectivity index is 1.52. The number of fused-ring (bicyclic) bond motifs is 1. The Labute approximate surface area is 195 Å². The van der Waals surface area contributed by atoms with Crippen molar-refractivity contribution in [2.24, 2.45) is 0 Å². The average molecular weight is 470 g/mol. The SMILES string of the molecule is CC[C@@H](C(=O)NCc1ccc(OC)cc1)n1ccc2cc(S(=O)(=O)N3CCCCC3)ccc21. The monoisotopic (exact) mass is 469 g/mol. The fourth-order valence-electron chi connectivity index (χ4n) is 4.39. The molecule has 1 amide bonds. The zero-order valence-electron chi connectivity index (χ0n) is 19.2. The standard InChI is InChI=1S/C25H31N3O4S/c1-3-23(25(29)26-18-19-7-9-21(32-2)10-8-19)28-16-13-20-17-22(11-12-24(20)28)33(30,31)27-14-5-4-6-15-27/h7-13,16-17,23H,3-6,14-15,18H2,1-2H3,(H,26,29)/t23-/m0/s1. The first-order valence-electron chi connectivity index (χ1n) is 11.5. The summed E-state index contributed by atoms with van der Waals surface area (Å²) in [5.74, 6) is 0.702. The second-order valence-electron chi connectivity index (χ2n) is 8.40. The molecule has 2 aromatic carbocycles. The second-order valence-corrected chi connectivity index (χ2v) is 10.3. The fourth-order valence-corrected chi connectivity index (χ4v) is 5.94. The van der Waals surface area contributed by atoms with Gasteiger partial charge in [-0.2, -0.15) is 4.31 Å². The van der Waals surface area contributed by atoms with Gasteiger partial charge in [0, 0.05) is 36.7 Å². The fraction of sp³-hybridized carbons (Fsp3) is 0.400. The molecule has 8 heteroatoms. The molecule has 1 saturated heterocycles. The second kappa shape index (κ2) is 9.97. The smallest absolute Gasteiger partial charge is 0.243 e. The summed E-state index contributed by atoms with van der Waals surface area (Å²) in [6.07, 6.45) is 5.37. The normalized spacial score (nSPS) is 15.9. The number of amides is 1. The summed E-state index contributed by atoms with van der Waals surface area (Å²) in [4.78, 5) is 13.3. The molecule has 0 unspecified atom stereocenters. The van der Waals surface area contributed by atoms with Gasteiger partial charge in [-0.3, -0.25) is 4.79 Å². The van der Waals surface area contributed by atoms with Crippen molar-refractivity contribution in [3.05, 3.63) is 60.3 Å². The van der Waals surface area contributed by atoms with E-state index in [0.29, 0.717) is 31.0 Å². The Hall–Kier alpha value is -2.84. The van der Waals surface area contributed by atoms with E-state index in [2.05, 4.69) is 5.32 Å². The van der Waals surface area contributed by atoms with Crippen LogP contribution >= 0.6 is 0 Å². The minimum absolute atomic E-state index is 0.0733. The van der Waals surface area contributed by atoms with Gasteiger partial charge in [-0.15, -0.1) is 0 Å². The van der Waals surface area contributed by atoms with Crippen LogP contribution in [0.1, 0.15) is 44.2 Å². The number of aromatic nitrogens is 1. The highest BCUT2D eigenvalue weighted by Gasteiger charge is 2.27. The third-order valence-electron chi connectivity index (χ3n) is 6.30. The Morgan fingerprint density at radius 3 is 2.45 bits per heavy atom. The maximum absolute atomic E-state index is 13.0. The highest BCUT2D eigenvalue weighted by Crippen LogP contribution is 2.27. The highest BCUT2D eigenvalue weighted by molar-refractivity contribution is 7.89. The van der Waals surface area contributed by atoms with Gasteiger partial charge in [0.2, 0.25) is 15.9 Å². The van der Waals surface area contributed by atoms with Crippen LogP contribution in [0, 0.1) is 0 Å². The predicted octanol–water partition coefficient (Wildman–Crippen LogP) is 4.09. The van der Waals surface area contributed by atoms with Crippen molar-refractivity contribution in [3.8, 4) is 5.75 Å². The van der Waals surface area contributed by atoms with Crippen molar-refractivity contribution < 1.29 is 17.9 Å². The van der Waals surface area contributed by atoms with Gasteiger partial charge in [0.25, 0.3) is 0 Å². The van der Waals surface area contributed by atoms with Crippen LogP contribution in [0.2, 0.25) is 0 Å². The summed E-state index contributed by atoms with van der Waals surface area (Å²) >= 11 is 0. The molecule has 1 aromatic heterocycles. The van der Waals surface area contributed by atoms with Crippen molar-refractivity contribution in [2.75, 3.05) is 20.2 Å². The van der Waals surface area contributed by atoms with Gasteiger partial charge in [-0.1, -0.05) is 25.5 Å². The predicted molar refractivity (Wildman–Crippen MR) is 129 cm³/mol. The zero-order valence-corrected chi connectivity index (χ0v) is 20.0. The maximum Gasteiger partial charge on any atom is 0.243 e. The lowest BCUT2D eigenvalue weighted by Crippen LogP contribution is -2.35. The van der Waals surface area contributed by atoms with Crippen molar-refractivity contribution in [2.45, 2.75) is 50.1 Å². The van der Waals surface area contributed by atoms with E-state index in [4.69, 9.17) is 4.74 Å². The molecular formula is C25H31N3O4S. The lowest BCUT2D eigenvalue weighted by Gasteiger charge is -2.26. The number of carbonyl (C=O) groups is 1. The number of benzene rings is 2. The van der Waals surface area contributed by atoms with Crippen LogP contribution in [0.15, 0.2) is 59.6 Å². The van der Waals surface area contributed by atoms with Gasteiger partial charge >= 0.3 is 0 Å². The summed E-state index contributed by atoms with van der Waals surface area (Å²) in [7, 11) is -1.87. The first-order valence-corrected chi connectivity index (χ1v) is 12.9. The molecule has 1 fully saturated rings. The first-order chi connectivity index (χ1) is 15.9. The summed E-state index contributed by atoms with van der Waals surface area (Å²) in [5, 5.41) is 3.83. The number of methoxy groups -OCH3 is 1. The zero-order chi connectivity index (χ0) is 23.4. The Morgan fingerprint density at radius 1 is 1.06 bits per heavy atom. The van der Waals surface area contributed by atoms with E-state index in [1.54, 1.807) is 23.5 Å². The number of rotatable bonds is 8. The first kappa shape index (κ1) is 23.3. The van der Waals surface area contributed by atoms with E-state index in [1.165, 1.54) is 0 Å². The average Bonchev–Trinajstić information content (AvgIpc) is 3.27. The largest absolute Gasteiger partial charge is 0.497 e. The van der Waals surface area contributed by atoms with Crippen LogP contribution in [0.25, 0.3) is 10.9 Å². The number of ether oxygens (including phenoxy) is 1. The molecule has 1 aliphatic heterocycles. The molecule has 0 bridgehead atoms. The molecule has 2 heterocycles. The van der Waals surface area contributed by atoms with E-state index in [1.807, 2.05) is 54.1 Å². The molecule has 3 aromatic rings. The van der Waals surface area contributed by atoms with Gasteiger partial charge in [-0.25, -0.2) is 8.42 Å². The summed E-state index contributed by atoms with van der Waals surface area (Å²) in [6.45, 7) is 3.55. The summed E-state index contributed by atoms with van der Waals surface area (Å²) < 4.78 is 34.8. The van der Waals surface area contributed by atoms with Crippen LogP contribution in [-0.4, -0.2) is 43.4 Å². The van der Waals surface area contributed by atoms with Crippen molar-refractivity contribution in [1.82, 2.24) is 14.2 Å². The number of hydrogen-bond donors (Lipinski definition) is 1. The topological polar surface area (TPSA) is 80.6 Å². The van der Waals surface area contributed by atoms with Crippen molar-refractivity contribution in [3.63, 3.8) is 0 Å². The van der Waals surface area contributed by atoms with Crippen LogP contribution < -0.4 is 10.1 Å². The van der Waals surface area contributed by atoms with Crippen molar-refractivity contribution >= 4 is 26.8 Å². The number of nitrogens with one attached hydrogen (secondary N) is 1. The van der Waals surface area contributed by atoms with Gasteiger partial charge in [0.05, 0.1) is 12.0 Å². The summed E-state index contributed by atoms with van der Waals surface area (Å²) in [5.41, 5.74) is 1.84.